The number of hydrogen-bond acceptors (Lipinski definition) is 3. The van der Waals surface area contributed by atoms with Crippen molar-refractivity contribution in [2.75, 3.05) is 10.6 Å². The summed E-state index contributed by atoms with van der Waals surface area (Å²) in [4.78, 5) is 20.7. The van der Waals surface area contributed by atoms with E-state index in [4.69, 9.17) is 0 Å². The molecule has 0 unspecified atom stereocenters. The summed E-state index contributed by atoms with van der Waals surface area (Å²) in [5.41, 5.74) is 8.40. The van der Waals surface area contributed by atoms with Crippen LogP contribution in [0.25, 0.3) is 22.2 Å². The lowest BCUT2D eigenvalue weighted by Gasteiger charge is -2.11. The molecule has 1 amide bonds. The highest BCUT2D eigenvalue weighted by atomic mass is 19.1. The number of H-pyrrole nitrogens is 1. The van der Waals surface area contributed by atoms with E-state index >= 15 is 0 Å². The molecule has 1 aromatic heterocycles. The number of nitrogens with zero attached hydrogens (tertiary/aromatic N) is 1. The van der Waals surface area contributed by atoms with Crippen LogP contribution in [0.2, 0.25) is 0 Å². The van der Waals surface area contributed by atoms with Crippen LogP contribution in [0.1, 0.15) is 27.0 Å². The molecule has 166 valence electrons. The lowest BCUT2D eigenvalue weighted by molar-refractivity contribution is 0.102. The number of nitrogens with one attached hydrogen (secondary N) is 3. The van der Waals surface area contributed by atoms with E-state index in [0.29, 0.717) is 29.1 Å². The molecule has 5 nitrogen and oxygen atoms in total. The largest absolute Gasteiger partial charge is 0.352 e. The van der Waals surface area contributed by atoms with Gasteiger partial charge in [0.2, 0.25) is 5.95 Å². The predicted octanol–water partition coefficient (Wildman–Crippen LogP) is 6.14. The first-order valence-electron chi connectivity index (χ1n) is 11.1. The molecule has 3 N–H and O–H groups in total. The van der Waals surface area contributed by atoms with E-state index in [1.165, 1.54) is 23.3 Å². The van der Waals surface area contributed by atoms with E-state index in [2.05, 4.69) is 38.8 Å². The monoisotopic (exact) mass is 448 g/mol. The van der Waals surface area contributed by atoms with Crippen molar-refractivity contribution in [3.63, 3.8) is 0 Å². The summed E-state index contributed by atoms with van der Waals surface area (Å²) in [6, 6.07) is 26.3. The summed E-state index contributed by atoms with van der Waals surface area (Å²) in [7, 11) is 0. The number of benzene rings is 4. The molecule has 0 atom stereocenters. The van der Waals surface area contributed by atoms with E-state index in [-0.39, 0.29) is 11.7 Å². The Balaban J connectivity index is 1.18. The quantitative estimate of drug-likeness (QED) is 0.297. The summed E-state index contributed by atoms with van der Waals surface area (Å²) < 4.78 is 13.4. The minimum absolute atomic E-state index is 0.117. The summed E-state index contributed by atoms with van der Waals surface area (Å²) in [5, 5.41) is 6.27. The summed E-state index contributed by atoms with van der Waals surface area (Å²) in [6.45, 7) is 0.502. The zero-order valence-corrected chi connectivity index (χ0v) is 18.2. The highest BCUT2D eigenvalue weighted by molar-refractivity contribution is 6.07. The highest BCUT2D eigenvalue weighted by Gasteiger charge is 2.23. The Hall–Kier alpha value is -4.45. The molecule has 0 saturated heterocycles. The van der Waals surface area contributed by atoms with Crippen molar-refractivity contribution < 1.29 is 9.18 Å². The maximum Gasteiger partial charge on any atom is 0.255 e. The standard InChI is InChI=1S/C28H21FN4O/c29-19-11-12-25-26(15-19)33-28(32-25)30-16-17-5-3-7-20(13-17)31-27(34)23-10-4-9-22-21-8-2-1-6-18(21)14-24(22)23/h1-13,15H,14,16H2,(H,31,34)(H2,30,32,33). The van der Waals surface area contributed by atoms with Crippen molar-refractivity contribution >= 4 is 28.6 Å². The van der Waals surface area contributed by atoms with Gasteiger partial charge in [-0.3, -0.25) is 4.79 Å². The number of hydrogen-bond donors (Lipinski definition) is 3. The summed E-state index contributed by atoms with van der Waals surface area (Å²) in [5.74, 6) is 0.141. The first-order chi connectivity index (χ1) is 16.6. The Morgan fingerprint density at radius 3 is 2.74 bits per heavy atom. The number of imidazole rings is 1. The number of rotatable bonds is 5. The van der Waals surface area contributed by atoms with Gasteiger partial charge in [-0.25, -0.2) is 9.37 Å². The van der Waals surface area contributed by atoms with Gasteiger partial charge in [0.1, 0.15) is 5.82 Å². The molecule has 6 heteroatoms. The SMILES string of the molecule is O=C(Nc1cccc(CNc2nc3ccc(F)cc3[nH]2)c1)c1cccc2c1Cc1ccccc1-2. The Morgan fingerprint density at radius 1 is 0.941 bits per heavy atom. The molecule has 0 radical (unpaired) electrons. The second-order valence-electron chi connectivity index (χ2n) is 8.42. The Bertz CT molecular complexity index is 1560. The first kappa shape index (κ1) is 20.2. The zero-order chi connectivity index (χ0) is 23.1. The van der Waals surface area contributed by atoms with E-state index in [0.717, 1.165) is 28.8 Å². The van der Waals surface area contributed by atoms with Crippen LogP contribution in [0, 0.1) is 5.82 Å². The van der Waals surface area contributed by atoms with Crippen LogP contribution < -0.4 is 10.6 Å². The molecule has 1 heterocycles. The number of amides is 1. The molecular formula is C28H21FN4O. The molecule has 5 aromatic rings. The van der Waals surface area contributed by atoms with Crippen molar-refractivity contribution in [1.29, 1.82) is 0 Å². The average Bonchev–Trinajstić information content (AvgIpc) is 3.43. The normalized spacial score (nSPS) is 11.8. The predicted molar refractivity (Wildman–Crippen MR) is 132 cm³/mol. The smallest absolute Gasteiger partial charge is 0.255 e. The third-order valence-corrected chi connectivity index (χ3v) is 6.18. The van der Waals surface area contributed by atoms with Crippen molar-refractivity contribution in [3.8, 4) is 11.1 Å². The topological polar surface area (TPSA) is 69.8 Å². The second kappa shape index (κ2) is 8.15. The molecule has 0 aliphatic heterocycles. The molecule has 0 saturated carbocycles. The number of halogens is 1. The van der Waals surface area contributed by atoms with E-state index in [1.54, 1.807) is 6.07 Å². The summed E-state index contributed by atoms with van der Waals surface area (Å²) in [6.07, 6.45) is 0.764. The van der Waals surface area contributed by atoms with Crippen LogP contribution in [-0.4, -0.2) is 15.9 Å². The second-order valence-corrected chi connectivity index (χ2v) is 8.42. The highest BCUT2D eigenvalue weighted by Crippen LogP contribution is 2.38. The average molecular weight is 449 g/mol. The molecule has 6 rings (SSSR count). The Labute approximate surface area is 195 Å². The van der Waals surface area contributed by atoms with Gasteiger partial charge in [-0.05, 0) is 70.6 Å². The lowest BCUT2D eigenvalue weighted by Crippen LogP contribution is -2.14. The van der Waals surface area contributed by atoms with Crippen LogP contribution in [0.15, 0.2) is 84.9 Å². The van der Waals surface area contributed by atoms with Gasteiger partial charge in [0.25, 0.3) is 5.91 Å². The van der Waals surface area contributed by atoms with Crippen LogP contribution in [0.5, 0.6) is 0 Å². The third kappa shape index (κ3) is 3.69. The van der Waals surface area contributed by atoms with Crippen LogP contribution in [0.4, 0.5) is 16.0 Å². The molecule has 1 aliphatic rings. The van der Waals surface area contributed by atoms with Crippen LogP contribution in [0.3, 0.4) is 0 Å². The third-order valence-electron chi connectivity index (χ3n) is 6.18. The number of fused-ring (bicyclic) bond motifs is 4. The number of aromatic nitrogens is 2. The van der Waals surface area contributed by atoms with Crippen molar-refractivity contribution in [2.24, 2.45) is 0 Å². The van der Waals surface area contributed by atoms with Gasteiger partial charge in [-0.1, -0.05) is 48.5 Å². The molecule has 0 fully saturated rings. The van der Waals surface area contributed by atoms with Crippen molar-refractivity contribution in [1.82, 2.24) is 9.97 Å². The fraction of sp³-hybridized carbons (Fsp3) is 0.0714. The molecule has 34 heavy (non-hydrogen) atoms. The van der Waals surface area contributed by atoms with Gasteiger partial charge < -0.3 is 15.6 Å². The minimum Gasteiger partial charge on any atom is -0.352 e. The van der Waals surface area contributed by atoms with Crippen LogP contribution >= 0.6 is 0 Å². The Morgan fingerprint density at radius 2 is 1.79 bits per heavy atom. The van der Waals surface area contributed by atoms with E-state index < -0.39 is 0 Å². The fourth-order valence-electron chi connectivity index (χ4n) is 4.58. The van der Waals surface area contributed by atoms with Gasteiger partial charge in [-0.2, -0.15) is 0 Å². The summed E-state index contributed by atoms with van der Waals surface area (Å²) >= 11 is 0. The lowest BCUT2D eigenvalue weighted by atomic mass is 10.0. The number of anilines is 2. The fourth-order valence-corrected chi connectivity index (χ4v) is 4.58. The molecule has 0 spiro atoms. The molecule has 1 aliphatic carbocycles. The number of carbonyl (C=O) groups excluding carboxylic acids is 1. The number of carbonyl (C=O) groups is 1. The van der Waals surface area contributed by atoms with Gasteiger partial charge >= 0.3 is 0 Å². The maximum absolute atomic E-state index is 13.4. The van der Waals surface area contributed by atoms with Gasteiger partial charge in [0.15, 0.2) is 0 Å². The van der Waals surface area contributed by atoms with Gasteiger partial charge in [-0.15, -0.1) is 0 Å². The molecular weight excluding hydrogens is 427 g/mol. The first-order valence-corrected chi connectivity index (χ1v) is 11.1. The molecule has 4 aromatic carbocycles. The van der Waals surface area contributed by atoms with Crippen LogP contribution in [-0.2, 0) is 13.0 Å². The van der Waals surface area contributed by atoms with E-state index in [9.17, 15) is 9.18 Å². The number of aromatic amines is 1. The van der Waals surface area contributed by atoms with Crippen molar-refractivity contribution in [2.45, 2.75) is 13.0 Å². The Kier molecular flexibility index (Phi) is 4.84. The molecule has 0 bridgehead atoms. The van der Waals surface area contributed by atoms with Gasteiger partial charge in [0, 0.05) is 17.8 Å². The minimum atomic E-state index is -0.306. The van der Waals surface area contributed by atoms with Gasteiger partial charge in [0.05, 0.1) is 11.0 Å². The zero-order valence-electron chi connectivity index (χ0n) is 18.2. The maximum atomic E-state index is 13.4. The van der Waals surface area contributed by atoms with E-state index in [1.807, 2.05) is 48.5 Å². The van der Waals surface area contributed by atoms with Crippen molar-refractivity contribution in [3.05, 3.63) is 113 Å².